The largest absolute Gasteiger partial charge is 0.388 e. The van der Waals surface area contributed by atoms with Crippen molar-refractivity contribution in [3.63, 3.8) is 0 Å². The van der Waals surface area contributed by atoms with Gasteiger partial charge in [-0.3, -0.25) is 0 Å². The summed E-state index contributed by atoms with van der Waals surface area (Å²) in [5.74, 6) is 0. The van der Waals surface area contributed by atoms with Crippen LogP contribution in [0.1, 0.15) is 26.7 Å². The van der Waals surface area contributed by atoms with Crippen LogP contribution in [0.5, 0.6) is 0 Å². The average molecular weight is 219 g/mol. The van der Waals surface area contributed by atoms with Gasteiger partial charge >= 0.3 is 0 Å². The highest BCUT2D eigenvalue weighted by Crippen LogP contribution is 2.08. The van der Waals surface area contributed by atoms with Gasteiger partial charge in [0.1, 0.15) is 0 Å². The molecule has 0 spiro atoms. The minimum atomic E-state index is -0.727. The lowest BCUT2D eigenvalue weighted by Crippen LogP contribution is -2.35. The minimum absolute atomic E-state index is 0.410. The van der Waals surface area contributed by atoms with Crippen LogP contribution in [0.15, 0.2) is 0 Å². The predicted molar refractivity (Wildman–Crippen MR) is 61.1 cm³/mol. The van der Waals surface area contributed by atoms with Gasteiger partial charge in [-0.2, -0.15) is 0 Å². The van der Waals surface area contributed by atoms with E-state index in [-0.39, 0.29) is 0 Å². The molecule has 1 unspecified atom stereocenters. The molecule has 4 nitrogen and oxygen atoms in total. The second-order valence-corrected chi connectivity index (χ2v) is 4.04. The van der Waals surface area contributed by atoms with Crippen LogP contribution in [0.2, 0.25) is 0 Å². The molecule has 0 saturated carbocycles. The summed E-state index contributed by atoms with van der Waals surface area (Å²) in [5, 5.41) is 13.1. The monoisotopic (exact) mass is 219 g/mol. The number of methoxy groups -OCH3 is 1. The second kappa shape index (κ2) is 9.09. The Hall–Kier alpha value is -0.160. The topological polar surface area (TPSA) is 50.7 Å². The Labute approximate surface area is 93.0 Å². The third kappa shape index (κ3) is 10.1. The Morgan fingerprint density at radius 3 is 2.60 bits per heavy atom. The third-order valence-corrected chi connectivity index (χ3v) is 2.08. The molecule has 0 heterocycles. The van der Waals surface area contributed by atoms with Crippen molar-refractivity contribution in [2.75, 3.05) is 40.0 Å². The molecule has 92 valence electrons. The summed E-state index contributed by atoms with van der Waals surface area (Å²) in [6, 6.07) is 0. The molecule has 1 atom stereocenters. The van der Waals surface area contributed by atoms with E-state index in [4.69, 9.17) is 9.47 Å². The maximum atomic E-state index is 9.90. The molecule has 0 bridgehead atoms. The molecule has 0 fully saturated rings. The normalized spacial score (nSPS) is 15.2. The fraction of sp³-hybridized carbons (Fsp3) is 1.00. The van der Waals surface area contributed by atoms with E-state index < -0.39 is 5.60 Å². The SMILES string of the molecule is CCCOCC(C)(O)CCNCCOC. The van der Waals surface area contributed by atoms with Crippen LogP contribution in [0.25, 0.3) is 0 Å². The van der Waals surface area contributed by atoms with Crippen molar-refractivity contribution in [3.05, 3.63) is 0 Å². The standard InChI is InChI=1S/C11H25NO3/c1-4-8-15-10-11(2,13)5-6-12-7-9-14-3/h12-13H,4-10H2,1-3H3. The van der Waals surface area contributed by atoms with Gasteiger partial charge in [-0.1, -0.05) is 6.92 Å². The smallest absolute Gasteiger partial charge is 0.0864 e. The molecule has 0 aromatic carbocycles. The van der Waals surface area contributed by atoms with Crippen LogP contribution in [0.4, 0.5) is 0 Å². The molecule has 0 aliphatic rings. The van der Waals surface area contributed by atoms with Gasteiger partial charge in [-0.05, 0) is 26.3 Å². The molecular formula is C11H25NO3. The zero-order valence-electron chi connectivity index (χ0n) is 10.2. The van der Waals surface area contributed by atoms with Crippen molar-refractivity contribution in [1.82, 2.24) is 5.32 Å². The lowest BCUT2D eigenvalue weighted by molar-refractivity contribution is -0.0381. The first-order valence-electron chi connectivity index (χ1n) is 5.62. The maximum Gasteiger partial charge on any atom is 0.0864 e. The number of ether oxygens (including phenoxy) is 2. The summed E-state index contributed by atoms with van der Waals surface area (Å²) in [6.07, 6.45) is 1.68. The molecule has 0 radical (unpaired) electrons. The number of aliphatic hydroxyl groups is 1. The van der Waals surface area contributed by atoms with Crippen LogP contribution in [0.3, 0.4) is 0 Å². The van der Waals surface area contributed by atoms with Crippen molar-refractivity contribution in [2.24, 2.45) is 0 Å². The second-order valence-electron chi connectivity index (χ2n) is 4.04. The molecule has 0 amide bonds. The van der Waals surface area contributed by atoms with Crippen LogP contribution in [0, 0.1) is 0 Å². The molecule has 4 heteroatoms. The van der Waals surface area contributed by atoms with Crippen molar-refractivity contribution in [3.8, 4) is 0 Å². The van der Waals surface area contributed by atoms with Crippen LogP contribution < -0.4 is 5.32 Å². The fourth-order valence-electron chi connectivity index (χ4n) is 1.17. The zero-order valence-corrected chi connectivity index (χ0v) is 10.2. The van der Waals surface area contributed by atoms with E-state index in [1.165, 1.54) is 0 Å². The molecule has 0 rings (SSSR count). The number of nitrogens with one attached hydrogen (secondary N) is 1. The van der Waals surface area contributed by atoms with Crippen molar-refractivity contribution < 1.29 is 14.6 Å². The van der Waals surface area contributed by atoms with E-state index in [2.05, 4.69) is 12.2 Å². The van der Waals surface area contributed by atoms with E-state index in [0.717, 1.165) is 19.5 Å². The summed E-state index contributed by atoms with van der Waals surface area (Å²) in [5.41, 5.74) is -0.727. The maximum absolute atomic E-state index is 9.90. The van der Waals surface area contributed by atoms with Gasteiger partial charge in [0.15, 0.2) is 0 Å². The van der Waals surface area contributed by atoms with Gasteiger partial charge in [0.2, 0.25) is 0 Å². The Bertz CT molecular complexity index is 140. The van der Waals surface area contributed by atoms with Gasteiger partial charge in [-0.15, -0.1) is 0 Å². The summed E-state index contributed by atoms with van der Waals surface area (Å²) in [6.45, 7) is 7.30. The van der Waals surface area contributed by atoms with Gasteiger partial charge < -0.3 is 19.9 Å². The van der Waals surface area contributed by atoms with Gasteiger partial charge in [0, 0.05) is 20.3 Å². The molecule has 2 N–H and O–H groups in total. The highest BCUT2D eigenvalue weighted by molar-refractivity contribution is 4.72. The molecule has 0 aliphatic carbocycles. The Balaban J connectivity index is 3.38. The van der Waals surface area contributed by atoms with Crippen molar-refractivity contribution in [1.29, 1.82) is 0 Å². The quantitative estimate of drug-likeness (QED) is 0.533. The number of hydrogen-bond acceptors (Lipinski definition) is 4. The number of rotatable bonds is 10. The van der Waals surface area contributed by atoms with E-state index in [1.807, 2.05) is 0 Å². The Kier molecular flexibility index (Phi) is 9.00. The first-order valence-corrected chi connectivity index (χ1v) is 5.62. The predicted octanol–water partition coefficient (Wildman–Crippen LogP) is 0.790. The van der Waals surface area contributed by atoms with Crippen LogP contribution >= 0.6 is 0 Å². The summed E-state index contributed by atoms with van der Waals surface area (Å²) in [4.78, 5) is 0. The molecular weight excluding hydrogens is 194 g/mol. The van der Waals surface area contributed by atoms with E-state index in [9.17, 15) is 5.11 Å². The molecule has 0 aromatic heterocycles. The summed E-state index contributed by atoms with van der Waals surface area (Å²) < 4.78 is 10.2. The third-order valence-electron chi connectivity index (χ3n) is 2.08. The van der Waals surface area contributed by atoms with Crippen molar-refractivity contribution in [2.45, 2.75) is 32.3 Å². The minimum Gasteiger partial charge on any atom is -0.388 e. The van der Waals surface area contributed by atoms with Crippen molar-refractivity contribution >= 4 is 0 Å². The van der Waals surface area contributed by atoms with Gasteiger partial charge in [0.25, 0.3) is 0 Å². The van der Waals surface area contributed by atoms with Gasteiger partial charge in [-0.25, -0.2) is 0 Å². The summed E-state index contributed by atoms with van der Waals surface area (Å²) in [7, 11) is 1.68. The Morgan fingerprint density at radius 2 is 2.00 bits per heavy atom. The molecule has 0 aliphatic heterocycles. The van der Waals surface area contributed by atoms with Gasteiger partial charge in [0.05, 0.1) is 18.8 Å². The Morgan fingerprint density at radius 1 is 1.27 bits per heavy atom. The molecule has 15 heavy (non-hydrogen) atoms. The van der Waals surface area contributed by atoms with Crippen LogP contribution in [-0.2, 0) is 9.47 Å². The number of hydrogen-bond donors (Lipinski definition) is 2. The highest BCUT2D eigenvalue weighted by Gasteiger charge is 2.19. The van der Waals surface area contributed by atoms with Crippen LogP contribution in [-0.4, -0.2) is 50.7 Å². The first-order chi connectivity index (χ1) is 7.12. The zero-order chi connectivity index (χ0) is 11.6. The summed E-state index contributed by atoms with van der Waals surface area (Å²) >= 11 is 0. The first kappa shape index (κ1) is 14.8. The van der Waals surface area contributed by atoms with E-state index >= 15 is 0 Å². The highest BCUT2D eigenvalue weighted by atomic mass is 16.5. The lowest BCUT2D eigenvalue weighted by atomic mass is 10.0. The molecule has 0 saturated heterocycles. The van der Waals surface area contributed by atoms with E-state index in [0.29, 0.717) is 26.2 Å². The van der Waals surface area contributed by atoms with E-state index in [1.54, 1.807) is 14.0 Å². The average Bonchev–Trinajstić information content (AvgIpc) is 2.17. The fourth-order valence-corrected chi connectivity index (χ4v) is 1.17. The molecule has 0 aromatic rings. The lowest BCUT2D eigenvalue weighted by Gasteiger charge is -2.23.